The van der Waals surface area contributed by atoms with Crippen molar-refractivity contribution in [3.63, 3.8) is 0 Å². The number of carbonyl (C=O) groups excluding carboxylic acids is 1. The van der Waals surface area contributed by atoms with Crippen LogP contribution in [0.1, 0.15) is 49.4 Å². The molecule has 1 amide bonds. The highest BCUT2D eigenvalue weighted by Gasteiger charge is 2.25. The Balaban J connectivity index is 2.09. The van der Waals surface area contributed by atoms with Crippen LogP contribution in [0.2, 0.25) is 0 Å². The molecule has 0 bridgehead atoms. The summed E-state index contributed by atoms with van der Waals surface area (Å²) in [7, 11) is 0. The molecule has 0 N–H and O–H groups in total. The number of halogens is 1. The van der Waals surface area contributed by atoms with Crippen molar-refractivity contribution in [2.75, 3.05) is 6.54 Å². The van der Waals surface area contributed by atoms with E-state index >= 15 is 0 Å². The second kappa shape index (κ2) is 6.18. The van der Waals surface area contributed by atoms with E-state index < -0.39 is 0 Å². The highest BCUT2D eigenvalue weighted by Crippen LogP contribution is 2.25. The summed E-state index contributed by atoms with van der Waals surface area (Å²) in [5.41, 5.74) is 0.867. The van der Waals surface area contributed by atoms with Crippen LogP contribution in [-0.4, -0.2) is 23.4 Å². The lowest BCUT2D eigenvalue weighted by molar-refractivity contribution is 0.0648. The monoisotopic (exact) mass is 363 g/mol. The molecule has 0 aliphatic heterocycles. The number of hydrogen-bond donors (Lipinski definition) is 0. The molecular weight excluding hydrogens is 345 g/mol. The van der Waals surface area contributed by atoms with Gasteiger partial charge in [-0.3, -0.25) is 4.79 Å². The second-order valence-electron chi connectivity index (χ2n) is 4.52. The normalized spacial score (nSPS) is 17.1. The van der Waals surface area contributed by atoms with Crippen molar-refractivity contribution in [3.05, 3.63) is 19.9 Å². The molecule has 2 nitrogen and oxygen atoms in total. The minimum atomic E-state index is 0.221. The lowest BCUT2D eigenvalue weighted by Crippen LogP contribution is -2.41. The summed E-state index contributed by atoms with van der Waals surface area (Å²) in [6, 6.07) is 2.47. The van der Waals surface area contributed by atoms with Crippen LogP contribution < -0.4 is 0 Å². The summed E-state index contributed by atoms with van der Waals surface area (Å²) < 4.78 is 1.19. The zero-order chi connectivity index (χ0) is 12.3. The average Bonchev–Trinajstić information content (AvgIpc) is 2.78. The average molecular weight is 363 g/mol. The van der Waals surface area contributed by atoms with Crippen LogP contribution in [0.3, 0.4) is 0 Å². The molecular formula is C13H18INOS. The number of nitrogens with zero attached hydrogens (tertiary/aromatic N) is 1. The van der Waals surface area contributed by atoms with Crippen molar-refractivity contribution < 1.29 is 4.79 Å². The van der Waals surface area contributed by atoms with Crippen LogP contribution in [0.25, 0.3) is 0 Å². The molecule has 1 aromatic heterocycles. The Bertz CT molecular complexity index is 385. The molecule has 1 saturated carbocycles. The van der Waals surface area contributed by atoms with Gasteiger partial charge in [0.25, 0.3) is 5.91 Å². The molecule has 4 heteroatoms. The van der Waals surface area contributed by atoms with Gasteiger partial charge >= 0.3 is 0 Å². The Morgan fingerprint density at radius 3 is 2.71 bits per heavy atom. The lowest BCUT2D eigenvalue weighted by Gasteiger charge is -2.33. The second-order valence-corrected chi connectivity index (χ2v) is 7.33. The van der Waals surface area contributed by atoms with Crippen molar-refractivity contribution >= 4 is 39.8 Å². The van der Waals surface area contributed by atoms with E-state index in [9.17, 15) is 4.79 Å². The summed E-state index contributed by atoms with van der Waals surface area (Å²) >= 11 is 3.92. The third-order valence-electron chi connectivity index (χ3n) is 3.43. The predicted molar refractivity (Wildman–Crippen MR) is 80.6 cm³/mol. The van der Waals surface area contributed by atoms with Gasteiger partial charge in [-0.05, 0) is 48.4 Å². The fourth-order valence-corrected chi connectivity index (χ4v) is 3.87. The number of amides is 1. The molecule has 1 aliphatic rings. The maximum atomic E-state index is 12.4. The molecule has 94 valence electrons. The Morgan fingerprint density at radius 2 is 2.18 bits per heavy atom. The minimum absolute atomic E-state index is 0.221. The first kappa shape index (κ1) is 13.3. The molecule has 17 heavy (non-hydrogen) atoms. The fourth-order valence-electron chi connectivity index (χ4n) is 2.55. The molecule has 1 aromatic rings. The first-order chi connectivity index (χ1) is 8.22. The van der Waals surface area contributed by atoms with Gasteiger partial charge in [0, 0.05) is 18.0 Å². The maximum Gasteiger partial charge on any atom is 0.254 e. The van der Waals surface area contributed by atoms with Crippen molar-refractivity contribution in [2.45, 2.75) is 45.1 Å². The van der Waals surface area contributed by atoms with Crippen molar-refractivity contribution in [1.82, 2.24) is 4.90 Å². The molecule has 0 spiro atoms. The molecule has 1 heterocycles. The van der Waals surface area contributed by atoms with Gasteiger partial charge in [-0.1, -0.05) is 19.3 Å². The molecule has 2 rings (SSSR count). The number of thiophene rings is 1. The number of carbonyl (C=O) groups is 1. The SMILES string of the molecule is CCN(C(=O)c1csc(I)c1)C1CCCCC1. The fraction of sp³-hybridized carbons (Fsp3) is 0.615. The van der Waals surface area contributed by atoms with Gasteiger partial charge in [0.05, 0.1) is 8.45 Å². The van der Waals surface area contributed by atoms with Gasteiger partial charge in [-0.2, -0.15) is 0 Å². The molecule has 0 unspecified atom stereocenters. The van der Waals surface area contributed by atoms with Gasteiger partial charge in [0.2, 0.25) is 0 Å². The minimum Gasteiger partial charge on any atom is -0.336 e. The largest absolute Gasteiger partial charge is 0.336 e. The molecule has 1 fully saturated rings. The molecule has 0 atom stereocenters. The molecule has 0 saturated heterocycles. The first-order valence-electron chi connectivity index (χ1n) is 6.27. The number of hydrogen-bond acceptors (Lipinski definition) is 2. The quantitative estimate of drug-likeness (QED) is 0.739. The van der Waals surface area contributed by atoms with Gasteiger partial charge in [0.15, 0.2) is 0 Å². The zero-order valence-electron chi connectivity index (χ0n) is 10.1. The Morgan fingerprint density at radius 1 is 1.47 bits per heavy atom. The third-order valence-corrected chi connectivity index (χ3v) is 5.22. The van der Waals surface area contributed by atoms with E-state index in [1.54, 1.807) is 11.3 Å². The van der Waals surface area contributed by atoms with Crippen molar-refractivity contribution in [3.8, 4) is 0 Å². The van der Waals surface area contributed by atoms with E-state index in [4.69, 9.17) is 0 Å². The summed E-state index contributed by atoms with van der Waals surface area (Å²) in [4.78, 5) is 14.5. The first-order valence-corrected chi connectivity index (χ1v) is 8.23. The molecule has 0 radical (unpaired) electrons. The standard InChI is InChI=1S/C13H18INOS/c1-2-15(11-6-4-3-5-7-11)13(16)10-8-12(14)17-9-10/h8-9,11H,2-7H2,1H3. The Labute approximate surface area is 121 Å². The predicted octanol–water partition coefficient (Wildman–Crippen LogP) is 4.15. The Kier molecular flexibility index (Phi) is 4.85. The van der Waals surface area contributed by atoms with E-state index in [2.05, 4.69) is 34.4 Å². The summed E-state index contributed by atoms with van der Waals surface area (Å²) in [5.74, 6) is 0.221. The van der Waals surface area contributed by atoms with Crippen LogP contribution in [0, 0.1) is 2.88 Å². The van der Waals surface area contributed by atoms with E-state index in [-0.39, 0.29) is 5.91 Å². The van der Waals surface area contributed by atoms with Crippen LogP contribution in [-0.2, 0) is 0 Å². The van der Waals surface area contributed by atoms with Crippen LogP contribution in [0.5, 0.6) is 0 Å². The van der Waals surface area contributed by atoms with E-state index in [1.807, 2.05) is 11.4 Å². The Hall–Kier alpha value is -0.100. The van der Waals surface area contributed by atoms with Crippen LogP contribution in [0.15, 0.2) is 11.4 Å². The summed E-state index contributed by atoms with van der Waals surface area (Å²) in [5, 5.41) is 1.98. The molecule has 0 aromatic carbocycles. The lowest BCUT2D eigenvalue weighted by atomic mass is 9.94. The van der Waals surface area contributed by atoms with Crippen LogP contribution in [0.4, 0.5) is 0 Å². The smallest absolute Gasteiger partial charge is 0.254 e. The van der Waals surface area contributed by atoms with Crippen LogP contribution >= 0.6 is 33.9 Å². The maximum absolute atomic E-state index is 12.4. The third kappa shape index (κ3) is 3.22. The van der Waals surface area contributed by atoms with E-state index in [1.165, 1.54) is 35.0 Å². The highest BCUT2D eigenvalue weighted by molar-refractivity contribution is 14.1. The van der Waals surface area contributed by atoms with Crippen molar-refractivity contribution in [2.24, 2.45) is 0 Å². The molecule has 1 aliphatic carbocycles. The zero-order valence-corrected chi connectivity index (χ0v) is 13.1. The van der Waals surface area contributed by atoms with E-state index in [0.29, 0.717) is 6.04 Å². The van der Waals surface area contributed by atoms with Gasteiger partial charge in [0.1, 0.15) is 0 Å². The van der Waals surface area contributed by atoms with E-state index in [0.717, 1.165) is 12.1 Å². The van der Waals surface area contributed by atoms with Gasteiger partial charge in [-0.15, -0.1) is 11.3 Å². The van der Waals surface area contributed by atoms with Gasteiger partial charge < -0.3 is 4.90 Å². The summed E-state index contributed by atoms with van der Waals surface area (Å²) in [6.45, 7) is 2.92. The highest BCUT2D eigenvalue weighted by atomic mass is 127. The topological polar surface area (TPSA) is 20.3 Å². The summed E-state index contributed by atoms with van der Waals surface area (Å²) in [6.07, 6.45) is 6.24. The number of rotatable bonds is 3. The van der Waals surface area contributed by atoms with Gasteiger partial charge in [-0.25, -0.2) is 0 Å². The van der Waals surface area contributed by atoms with Crippen molar-refractivity contribution in [1.29, 1.82) is 0 Å².